The van der Waals surface area contributed by atoms with Gasteiger partial charge in [-0.15, -0.1) is 0 Å². The first-order valence-corrected chi connectivity index (χ1v) is 4.35. The van der Waals surface area contributed by atoms with E-state index in [9.17, 15) is 8.42 Å². The Balaban J connectivity index is -0.000000405. The number of hydrogen-bond donors (Lipinski definition) is 1. The van der Waals surface area contributed by atoms with Crippen molar-refractivity contribution >= 4 is 10.1 Å². The van der Waals surface area contributed by atoms with E-state index in [-0.39, 0.29) is 49.8 Å². The molecule has 0 saturated heterocycles. The normalized spacial score (nSPS) is 9.91. The third-order valence-electron chi connectivity index (χ3n) is 0.782. The first kappa shape index (κ1) is 14.0. The molecule has 0 radical (unpaired) electrons. The summed E-state index contributed by atoms with van der Waals surface area (Å²) in [6, 6.07) is 0. The largest absolute Gasteiger partial charge is 1.00 e. The van der Waals surface area contributed by atoms with Crippen LogP contribution in [0, 0.1) is 0 Å². The molecule has 0 aliphatic rings. The van der Waals surface area contributed by atoms with Crippen molar-refractivity contribution in [2.45, 2.75) is 6.42 Å². The van der Waals surface area contributed by atoms with E-state index in [2.05, 4.69) is 11.3 Å². The Hall–Kier alpha value is 0.450. The minimum atomic E-state index is -3.82. The zero-order valence-electron chi connectivity index (χ0n) is 7.49. The monoisotopic (exact) mass is 190 g/mol. The van der Waals surface area contributed by atoms with Gasteiger partial charge in [0.2, 0.25) is 0 Å². The molecule has 0 fully saturated rings. The smallest absolute Gasteiger partial charge is 1.00 e. The van der Waals surface area contributed by atoms with Crippen LogP contribution in [0.4, 0.5) is 0 Å². The Morgan fingerprint density at radius 1 is 1.64 bits per heavy atom. The molecule has 62 valence electrons. The molecule has 0 atom stereocenters. The molecule has 0 unspecified atom stereocenters. The zero-order valence-corrected chi connectivity index (χ0v) is 9.30. The van der Waals surface area contributed by atoms with Gasteiger partial charge in [-0.2, -0.15) is 8.42 Å². The van der Waals surface area contributed by atoms with Gasteiger partial charge in [0, 0.05) is 0 Å². The molecule has 0 aromatic heterocycles. The molecule has 0 rings (SSSR count). The van der Waals surface area contributed by atoms with Crippen LogP contribution in [-0.4, -0.2) is 25.3 Å². The van der Waals surface area contributed by atoms with E-state index in [1.165, 1.54) is 6.26 Å². The van der Waals surface area contributed by atoms with Crippen LogP contribution < -0.4 is 29.6 Å². The quantitative estimate of drug-likeness (QED) is 0.226. The molecule has 1 N–H and O–H groups in total. The Morgan fingerprint density at radius 3 is 2.55 bits per heavy atom. The van der Waals surface area contributed by atoms with Crippen LogP contribution in [0.5, 0.6) is 0 Å². The van der Waals surface area contributed by atoms with E-state index in [0.717, 1.165) is 0 Å². The van der Waals surface area contributed by atoms with Gasteiger partial charge in [0.25, 0.3) is 10.1 Å². The van der Waals surface area contributed by atoms with E-state index >= 15 is 0 Å². The first-order valence-electron chi connectivity index (χ1n) is 2.74. The van der Waals surface area contributed by atoms with Gasteiger partial charge < -0.3 is 6.16 Å². The summed E-state index contributed by atoms with van der Waals surface area (Å²) >= 11 is 0. The van der Waals surface area contributed by atoms with Gasteiger partial charge in [0.05, 0.1) is 18.6 Å². The zero-order chi connectivity index (χ0) is 8.04. The van der Waals surface area contributed by atoms with Crippen molar-refractivity contribution < 1.29 is 48.7 Å². The number of ether oxygens (including phenoxy) is 1. The first-order chi connectivity index (χ1) is 4.56. The van der Waals surface area contributed by atoms with Gasteiger partial charge in [-0.1, -0.05) is 6.58 Å². The van der Waals surface area contributed by atoms with Crippen LogP contribution in [0.15, 0.2) is 12.8 Å². The van der Waals surface area contributed by atoms with Gasteiger partial charge in [0.1, 0.15) is 0 Å². The Labute approximate surface area is 90.1 Å². The third-order valence-corrected chi connectivity index (χ3v) is 1.59. The Kier molecular flexibility index (Phi) is 9.06. The summed E-state index contributed by atoms with van der Waals surface area (Å²) < 4.78 is 33.0. The van der Waals surface area contributed by atoms with E-state index in [1.807, 2.05) is 0 Å². The minimum Gasteiger partial charge on any atom is -1.00 e. The standard InChI is InChI=1S/C5H10O4S.Na.H/c1-2-9-4-3-5-10(6,7)8;;/h2H,1,3-5H2,(H,6,7,8);;/q;+1;-1. The summed E-state index contributed by atoms with van der Waals surface area (Å²) in [6.45, 7) is 3.53. The van der Waals surface area contributed by atoms with Crippen LogP contribution in [0.2, 0.25) is 0 Å². The fourth-order valence-corrected chi connectivity index (χ4v) is 0.891. The van der Waals surface area contributed by atoms with Crippen molar-refractivity contribution in [3.63, 3.8) is 0 Å². The van der Waals surface area contributed by atoms with E-state index in [1.54, 1.807) is 0 Å². The predicted octanol–water partition coefficient (Wildman–Crippen LogP) is -2.46. The minimum absolute atomic E-state index is 0. The van der Waals surface area contributed by atoms with Crippen LogP contribution in [0.1, 0.15) is 7.85 Å². The molecule has 0 aliphatic heterocycles. The topological polar surface area (TPSA) is 63.6 Å². The van der Waals surface area contributed by atoms with Crippen molar-refractivity contribution in [1.82, 2.24) is 0 Å². The van der Waals surface area contributed by atoms with Gasteiger partial charge in [0.15, 0.2) is 0 Å². The maximum absolute atomic E-state index is 10.1. The average molecular weight is 190 g/mol. The van der Waals surface area contributed by atoms with E-state index in [0.29, 0.717) is 0 Å². The van der Waals surface area contributed by atoms with Crippen molar-refractivity contribution in [2.24, 2.45) is 0 Å². The molecule has 0 saturated carbocycles. The summed E-state index contributed by atoms with van der Waals surface area (Å²) in [5.41, 5.74) is 0. The fraction of sp³-hybridized carbons (Fsp3) is 0.600. The molecular weight excluding hydrogens is 179 g/mol. The summed E-state index contributed by atoms with van der Waals surface area (Å²) in [6.07, 6.45) is 1.51. The molecular formula is C5H11NaO4S. The average Bonchev–Trinajstić information content (AvgIpc) is 1.78. The van der Waals surface area contributed by atoms with Crippen LogP contribution in [0.25, 0.3) is 0 Å². The molecule has 0 aromatic carbocycles. The molecule has 0 spiro atoms. The number of hydrogen-bond acceptors (Lipinski definition) is 3. The van der Waals surface area contributed by atoms with Crippen molar-refractivity contribution in [3.05, 3.63) is 12.8 Å². The molecule has 0 heterocycles. The van der Waals surface area contributed by atoms with Gasteiger partial charge in [-0.3, -0.25) is 4.55 Å². The predicted molar refractivity (Wildman–Crippen MR) is 38.3 cm³/mol. The summed E-state index contributed by atoms with van der Waals surface area (Å²) in [4.78, 5) is 0. The van der Waals surface area contributed by atoms with Crippen molar-refractivity contribution in [2.75, 3.05) is 12.4 Å². The van der Waals surface area contributed by atoms with Gasteiger partial charge >= 0.3 is 29.6 Å². The van der Waals surface area contributed by atoms with Crippen LogP contribution >= 0.6 is 0 Å². The summed E-state index contributed by atoms with van der Waals surface area (Å²) in [5.74, 6) is -0.263. The molecule has 0 amide bonds. The molecule has 6 heteroatoms. The SMILES string of the molecule is C=COCCCS(=O)(=O)O.[H-].[Na+]. The van der Waals surface area contributed by atoms with Crippen molar-refractivity contribution in [3.8, 4) is 0 Å². The fourth-order valence-electron chi connectivity index (χ4n) is 0.408. The second-order valence-corrected chi connectivity index (χ2v) is 3.25. The van der Waals surface area contributed by atoms with Crippen molar-refractivity contribution in [1.29, 1.82) is 0 Å². The Morgan fingerprint density at radius 2 is 2.18 bits per heavy atom. The number of rotatable bonds is 5. The third kappa shape index (κ3) is 13.4. The molecule has 0 bridgehead atoms. The maximum Gasteiger partial charge on any atom is 1.00 e. The molecule has 0 aliphatic carbocycles. The summed E-state index contributed by atoms with van der Waals surface area (Å²) in [5, 5.41) is 0. The van der Waals surface area contributed by atoms with Gasteiger partial charge in [-0.25, -0.2) is 0 Å². The second kappa shape index (κ2) is 7.12. The van der Waals surface area contributed by atoms with Gasteiger partial charge in [-0.05, 0) is 6.42 Å². The van der Waals surface area contributed by atoms with E-state index < -0.39 is 10.1 Å². The van der Waals surface area contributed by atoms with Crippen LogP contribution in [0.3, 0.4) is 0 Å². The maximum atomic E-state index is 10.1. The molecule has 0 aromatic rings. The molecule has 11 heavy (non-hydrogen) atoms. The Bertz CT molecular complexity index is 192. The molecule has 4 nitrogen and oxygen atoms in total. The van der Waals surface area contributed by atoms with E-state index in [4.69, 9.17) is 4.55 Å². The van der Waals surface area contributed by atoms with Crippen LogP contribution in [-0.2, 0) is 14.9 Å². The second-order valence-electron chi connectivity index (χ2n) is 1.68. The summed E-state index contributed by atoms with van der Waals surface area (Å²) in [7, 11) is -3.82.